The lowest BCUT2D eigenvalue weighted by atomic mass is 11.0. The van der Waals surface area contributed by atoms with Crippen molar-refractivity contribution in [2.24, 2.45) is 0 Å². The van der Waals surface area contributed by atoms with Crippen molar-refractivity contribution in [1.29, 1.82) is 0 Å². The average Bonchev–Trinajstić information content (AvgIpc) is 2.48. The Balaban J connectivity index is 3.56. The molecule has 0 bridgehead atoms. The normalized spacial score (nSPS) is 43.6. The summed E-state index contributed by atoms with van der Waals surface area (Å²) in [6.45, 7) is 19.6. The minimum Gasteiger partial charge on any atom is -0.141 e. The fourth-order valence-corrected chi connectivity index (χ4v) is 27.3. The number of hydrogen-bond donors (Lipinski definition) is 0. The largest absolute Gasteiger partial charge is 0.141 e. The quantitative estimate of drug-likeness (QED) is 0.515. The summed E-state index contributed by atoms with van der Waals surface area (Å²) in [6.07, 6.45) is 0. The Labute approximate surface area is 130 Å². The van der Waals surface area contributed by atoms with Gasteiger partial charge in [0.05, 0.1) is 0 Å². The zero-order chi connectivity index (χ0) is 15.7. The Bertz CT molecular complexity index is 408. The van der Waals surface area contributed by atoms with Crippen LogP contribution >= 0.6 is 0 Å². The van der Waals surface area contributed by atoms with E-state index in [1.54, 1.807) is 0 Å². The predicted molar refractivity (Wildman–Crippen MR) is 104 cm³/mol. The van der Waals surface area contributed by atoms with Crippen molar-refractivity contribution in [2.45, 2.75) is 78.1 Å². The molecule has 0 radical (unpaired) electrons. The molecule has 4 unspecified atom stereocenters. The third-order valence-corrected chi connectivity index (χ3v) is 40.6. The molecule has 0 aromatic carbocycles. The van der Waals surface area contributed by atoms with E-state index in [0.29, 0.717) is 0 Å². The van der Waals surface area contributed by atoms with Crippen LogP contribution in [0.3, 0.4) is 0 Å². The first-order valence-electron chi connectivity index (χ1n) is 8.24. The van der Waals surface area contributed by atoms with Gasteiger partial charge < -0.3 is 0 Å². The molecule has 0 saturated carbocycles. The van der Waals surface area contributed by atoms with Gasteiger partial charge >= 0.3 is 0 Å². The van der Waals surface area contributed by atoms with E-state index in [1.807, 2.05) is 0 Å². The fourth-order valence-electron chi connectivity index (χ4n) is 3.02. The molecule has 1 heterocycles. The SMILES string of the molecule is CC[Si]1(C)C#C[Si](C)(CC)[Si](C)(CC)C#C[Si]1(C)CC. The van der Waals surface area contributed by atoms with Gasteiger partial charge in [0.25, 0.3) is 0 Å². The van der Waals surface area contributed by atoms with Crippen molar-refractivity contribution in [1.82, 2.24) is 0 Å². The van der Waals surface area contributed by atoms with Crippen molar-refractivity contribution >= 4 is 30.4 Å². The number of hydrogen-bond acceptors (Lipinski definition) is 0. The highest BCUT2D eigenvalue weighted by Gasteiger charge is 2.50. The van der Waals surface area contributed by atoms with Crippen LogP contribution in [-0.4, -0.2) is 30.4 Å². The molecule has 1 rings (SSSR count). The zero-order valence-corrected chi connectivity index (χ0v) is 18.8. The maximum atomic E-state index is 3.96. The molecule has 1 aliphatic heterocycles. The Morgan fingerprint density at radius 2 is 0.600 bits per heavy atom. The predicted octanol–water partition coefficient (Wildman–Crippen LogP) is 4.71. The number of rotatable bonds is 4. The van der Waals surface area contributed by atoms with Gasteiger partial charge in [0.15, 0.2) is 0 Å². The Morgan fingerprint density at radius 1 is 0.450 bits per heavy atom. The topological polar surface area (TPSA) is 0 Å². The summed E-state index contributed by atoms with van der Waals surface area (Å²) < 4.78 is 0. The van der Waals surface area contributed by atoms with Crippen LogP contribution in [-0.2, 0) is 0 Å². The molecular weight excluding hydrogens is 305 g/mol. The van der Waals surface area contributed by atoms with Crippen LogP contribution in [0.5, 0.6) is 0 Å². The lowest BCUT2D eigenvalue weighted by molar-refractivity contribution is 1.36. The van der Waals surface area contributed by atoms with Gasteiger partial charge in [0.2, 0.25) is 0 Å². The summed E-state index contributed by atoms with van der Waals surface area (Å²) in [4.78, 5) is 0. The molecular formula is C16H32Si4. The van der Waals surface area contributed by atoms with Gasteiger partial charge in [-0.3, -0.25) is 0 Å². The first kappa shape index (κ1) is 18.0. The molecule has 20 heavy (non-hydrogen) atoms. The van der Waals surface area contributed by atoms with Crippen LogP contribution in [0.2, 0.25) is 50.4 Å². The van der Waals surface area contributed by atoms with E-state index < -0.39 is 30.4 Å². The van der Waals surface area contributed by atoms with E-state index in [1.165, 1.54) is 24.2 Å². The summed E-state index contributed by atoms with van der Waals surface area (Å²) in [6, 6.07) is 5.18. The maximum absolute atomic E-state index is 3.96. The van der Waals surface area contributed by atoms with Crippen LogP contribution in [0.1, 0.15) is 27.7 Å². The molecule has 0 aliphatic carbocycles. The second-order valence-corrected chi connectivity index (χ2v) is 35.0. The van der Waals surface area contributed by atoms with Crippen LogP contribution in [0.15, 0.2) is 0 Å². The third kappa shape index (κ3) is 2.68. The summed E-state index contributed by atoms with van der Waals surface area (Å²) >= 11 is 0. The molecule has 0 N–H and O–H groups in total. The molecule has 4 atom stereocenters. The molecule has 4 heteroatoms. The first-order chi connectivity index (χ1) is 9.16. The summed E-state index contributed by atoms with van der Waals surface area (Å²) in [5.74, 6) is 0. The monoisotopic (exact) mass is 336 g/mol. The first-order valence-corrected chi connectivity index (χ1v) is 21.1. The lowest BCUT2D eigenvalue weighted by Crippen LogP contribution is -2.62. The fraction of sp³-hybridized carbons (Fsp3) is 0.750. The van der Waals surface area contributed by atoms with Crippen LogP contribution in [0.4, 0.5) is 0 Å². The van der Waals surface area contributed by atoms with Gasteiger partial charge in [-0.15, -0.1) is 22.2 Å². The van der Waals surface area contributed by atoms with E-state index in [-0.39, 0.29) is 0 Å². The van der Waals surface area contributed by atoms with Crippen molar-refractivity contribution in [3.8, 4) is 22.2 Å². The summed E-state index contributed by atoms with van der Waals surface area (Å²) in [7, 11) is -5.86. The van der Waals surface area contributed by atoms with Crippen molar-refractivity contribution < 1.29 is 0 Å². The van der Waals surface area contributed by atoms with Gasteiger partial charge in [-0.25, -0.2) is 0 Å². The van der Waals surface area contributed by atoms with E-state index >= 15 is 0 Å². The van der Waals surface area contributed by atoms with Crippen molar-refractivity contribution in [2.75, 3.05) is 0 Å². The Morgan fingerprint density at radius 3 is 0.700 bits per heavy atom. The highest BCUT2D eigenvalue weighted by atomic mass is 29.3. The van der Waals surface area contributed by atoms with E-state index in [9.17, 15) is 0 Å². The molecule has 0 aromatic rings. The smallest absolute Gasteiger partial charge is 0.140 e. The van der Waals surface area contributed by atoms with Crippen molar-refractivity contribution in [3.05, 3.63) is 0 Å². The minimum absolute atomic E-state index is 1.30. The third-order valence-electron chi connectivity index (χ3n) is 6.49. The van der Waals surface area contributed by atoms with E-state index in [2.05, 4.69) is 76.1 Å². The molecule has 1 aliphatic rings. The second kappa shape index (κ2) is 6.00. The molecule has 0 aromatic heterocycles. The molecule has 0 saturated heterocycles. The highest BCUT2D eigenvalue weighted by molar-refractivity contribution is 7.51. The van der Waals surface area contributed by atoms with Crippen molar-refractivity contribution in [3.63, 3.8) is 0 Å². The molecule has 0 spiro atoms. The molecule has 0 fully saturated rings. The standard InChI is InChI=1S/C16H32Si4/c1-9-17(5)13-14-19(7,11-3)20(8,12-4)16-15-18(17,6)10-2/h9-12H2,1-8H3. The zero-order valence-electron chi connectivity index (χ0n) is 14.8. The maximum Gasteiger partial charge on any atom is 0.140 e. The van der Waals surface area contributed by atoms with E-state index in [4.69, 9.17) is 0 Å². The van der Waals surface area contributed by atoms with Crippen LogP contribution in [0.25, 0.3) is 0 Å². The van der Waals surface area contributed by atoms with Gasteiger partial charge in [-0.1, -0.05) is 78.1 Å². The van der Waals surface area contributed by atoms with Crippen LogP contribution in [0, 0.1) is 22.2 Å². The average molecular weight is 337 g/mol. The highest BCUT2D eigenvalue weighted by Crippen LogP contribution is 2.31. The van der Waals surface area contributed by atoms with Gasteiger partial charge in [-0.2, -0.15) is 0 Å². The Kier molecular flexibility index (Phi) is 5.41. The lowest BCUT2D eigenvalue weighted by Gasteiger charge is -2.40. The van der Waals surface area contributed by atoms with E-state index in [0.717, 1.165) is 0 Å². The van der Waals surface area contributed by atoms with Gasteiger partial charge in [0.1, 0.15) is 30.4 Å². The molecule has 0 nitrogen and oxygen atoms in total. The summed E-state index contributed by atoms with van der Waals surface area (Å²) in [5.41, 5.74) is 15.9. The summed E-state index contributed by atoms with van der Waals surface area (Å²) in [5, 5.41) is 0. The van der Waals surface area contributed by atoms with Gasteiger partial charge in [-0.05, 0) is 0 Å². The second-order valence-electron chi connectivity index (χ2n) is 7.24. The molecule has 0 amide bonds. The minimum atomic E-state index is -1.47. The van der Waals surface area contributed by atoms with Crippen LogP contribution < -0.4 is 0 Å². The van der Waals surface area contributed by atoms with Gasteiger partial charge in [0, 0.05) is 0 Å². The molecule has 112 valence electrons. The Hall–Kier alpha value is -0.0125.